The maximum atomic E-state index is 12.6. The number of hydrogen-bond donors (Lipinski definition) is 0. The van der Waals surface area contributed by atoms with Gasteiger partial charge in [-0.25, -0.2) is 0 Å². The molecule has 0 amide bonds. The summed E-state index contributed by atoms with van der Waals surface area (Å²) in [6.07, 6.45) is 0. The smallest absolute Gasteiger partial charge is 0.195 e. The Labute approximate surface area is 113 Å². The molecule has 2 rings (SSSR count). The fourth-order valence-electron chi connectivity index (χ4n) is 1.96. The molecule has 0 saturated heterocycles. The molecule has 0 atom stereocenters. The Balaban J connectivity index is 2.50. The summed E-state index contributed by atoms with van der Waals surface area (Å²) in [5, 5.41) is 0. The third-order valence-electron chi connectivity index (χ3n) is 2.97. The molecule has 0 aliphatic heterocycles. The van der Waals surface area contributed by atoms with Gasteiger partial charge in [0.2, 0.25) is 0 Å². The molecule has 0 heterocycles. The number of nitrogens with zero attached hydrogens (tertiary/aromatic N) is 1. The lowest BCUT2D eigenvalue weighted by molar-refractivity contribution is 0.103. The van der Waals surface area contributed by atoms with Crippen LogP contribution in [0.2, 0.25) is 0 Å². The number of ether oxygens (including phenoxy) is 1. The molecular weight excluding hydrogens is 238 g/mol. The Morgan fingerprint density at radius 1 is 1.05 bits per heavy atom. The summed E-state index contributed by atoms with van der Waals surface area (Å²) in [7, 11) is 5.44. The average Bonchev–Trinajstić information content (AvgIpc) is 2.46. The maximum absolute atomic E-state index is 12.6. The summed E-state index contributed by atoms with van der Waals surface area (Å²) in [6.45, 7) is 0. The summed E-state index contributed by atoms with van der Waals surface area (Å²) in [5.41, 5.74) is 2.21. The standard InChI is InChI=1S/C16H17NO2/c1-17(2)15-10-9-13(19-3)11-14(15)16(18)12-7-5-4-6-8-12/h4-11H,1-3H3. The molecule has 0 spiro atoms. The van der Waals surface area contributed by atoms with Gasteiger partial charge >= 0.3 is 0 Å². The lowest BCUT2D eigenvalue weighted by Gasteiger charge is -2.17. The van der Waals surface area contributed by atoms with Gasteiger partial charge in [-0.2, -0.15) is 0 Å². The van der Waals surface area contributed by atoms with Crippen molar-refractivity contribution in [3.8, 4) is 5.75 Å². The molecule has 2 aromatic carbocycles. The predicted octanol–water partition coefficient (Wildman–Crippen LogP) is 2.99. The molecule has 0 N–H and O–H groups in total. The molecule has 2 aromatic rings. The Kier molecular flexibility index (Phi) is 3.85. The third-order valence-corrected chi connectivity index (χ3v) is 2.97. The van der Waals surface area contributed by atoms with Crippen molar-refractivity contribution in [1.29, 1.82) is 0 Å². The van der Waals surface area contributed by atoms with Crippen molar-refractivity contribution in [3.63, 3.8) is 0 Å². The molecule has 98 valence electrons. The van der Waals surface area contributed by atoms with Crippen LogP contribution < -0.4 is 9.64 Å². The van der Waals surface area contributed by atoms with Crippen molar-refractivity contribution in [2.45, 2.75) is 0 Å². The van der Waals surface area contributed by atoms with Crippen LogP contribution in [0, 0.1) is 0 Å². The molecule has 19 heavy (non-hydrogen) atoms. The first kappa shape index (κ1) is 13.1. The number of rotatable bonds is 4. The van der Waals surface area contributed by atoms with E-state index in [1.165, 1.54) is 0 Å². The van der Waals surface area contributed by atoms with Gasteiger partial charge in [-0.15, -0.1) is 0 Å². The van der Waals surface area contributed by atoms with E-state index in [4.69, 9.17) is 4.74 Å². The number of carbonyl (C=O) groups is 1. The molecule has 3 nitrogen and oxygen atoms in total. The topological polar surface area (TPSA) is 29.5 Å². The Bertz CT molecular complexity index is 577. The van der Waals surface area contributed by atoms with Gasteiger partial charge < -0.3 is 9.64 Å². The summed E-state index contributed by atoms with van der Waals surface area (Å²) in [5.74, 6) is 0.688. The van der Waals surface area contributed by atoms with Crippen molar-refractivity contribution in [1.82, 2.24) is 0 Å². The average molecular weight is 255 g/mol. The van der Waals surface area contributed by atoms with E-state index in [-0.39, 0.29) is 5.78 Å². The fraction of sp³-hybridized carbons (Fsp3) is 0.188. The van der Waals surface area contributed by atoms with Gasteiger partial charge in [0.15, 0.2) is 5.78 Å². The van der Waals surface area contributed by atoms with E-state index < -0.39 is 0 Å². The van der Waals surface area contributed by atoms with Gasteiger partial charge in [0, 0.05) is 30.9 Å². The number of anilines is 1. The molecule has 0 radical (unpaired) electrons. The largest absolute Gasteiger partial charge is 0.497 e. The van der Waals surface area contributed by atoms with E-state index in [0.29, 0.717) is 16.9 Å². The second kappa shape index (κ2) is 5.57. The van der Waals surface area contributed by atoms with Crippen LogP contribution in [0.15, 0.2) is 48.5 Å². The fourth-order valence-corrected chi connectivity index (χ4v) is 1.96. The Morgan fingerprint density at radius 2 is 1.74 bits per heavy atom. The van der Waals surface area contributed by atoms with Crippen LogP contribution in [0.4, 0.5) is 5.69 Å². The summed E-state index contributed by atoms with van der Waals surface area (Å²) >= 11 is 0. The quantitative estimate of drug-likeness (QED) is 0.787. The summed E-state index contributed by atoms with van der Waals surface area (Å²) in [4.78, 5) is 14.5. The third kappa shape index (κ3) is 2.76. The predicted molar refractivity (Wildman–Crippen MR) is 77.2 cm³/mol. The van der Waals surface area contributed by atoms with E-state index in [9.17, 15) is 4.79 Å². The van der Waals surface area contributed by atoms with Crippen LogP contribution in [-0.2, 0) is 0 Å². The number of ketones is 1. The second-order valence-corrected chi connectivity index (χ2v) is 4.47. The van der Waals surface area contributed by atoms with Crippen LogP contribution in [0.1, 0.15) is 15.9 Å². The van der Waals surface area contributed by atoms with Crippen molar-refractivity contribution < 1.29 is 9.53 Å². The number of benzene rings is 2. The van der Waals surface area contributed by atoms with Crippen LogP contribution >= 0.6 is 0 Å². The van der Waals surface area contributed by atoms with Gasteiger partial charge in [0.1, 0.15) is 5.75 Å². The number of carbonyl (C=O) groups excluding carboxylic acids is 1. The monoisotopic (exact) mass is 255 g/mol. The normalized spacial score (nSPS) is 10.1. The maximum Gasteiger partial charge on any atom is 0.195 e. The Morgan fingerprint density at radius 3 is 2.32 bits per heavy atom. The zero-order chi connectivity index (χ0) is 13.8. The van der Waals surface area contributed by atoms with Crippen LogP contribution in [0.25, 0.3) is 0 Å². The van der Waals surface area contributed by atoms with Crippen molar-refractivity contribution >= 4 is 11.5 Å². The molecular formula is C16H17NO2. The zero-order valence-electron chi connectivity index (χ0n) is 11.4. The van der Waals surface area contributed by atoms with Gasteiger partial charge in [0.05, 0.1) is 7.11 Å². The highest BCUT2D eigenvalue weighted by Crippen LogP contribution is 2.26. The van der Waals surface area contributed by atoms with Crippen molar-refractivity contribution in [3.05, 3.63) is 59.7 Å². The second-order valence-electron chi connectivity index (χ2n) is 4.47. The van der Waals surface area contributed by atoms with Gasteiger partial charge in [-0.1, -0.05) is 30.3 Å². The lowest BCUT2D eigenvalue weighted by Crippen LogP contribution is -2.14. The highest BCUT2D eigenvalue weighted by molar-refractivity contribution is 6.12. The number of methoxy groups -OCH3 is 1. The number of hydrogen-bond acceptors (Lipinski definition) is 3. The van der Waals surface area contributed by atoms with Crippen LogP contribution in [0.5, 0.6) is 5.75 Å². The Hall–Kier alpha value is -2.29. The van der Waals surface area contributed by atoms with E-state index in [2.05, 4.69) is 0 Å². The molecule has 3 heteroatoms. The van der Waals surface area contributed by atoms with Crippen molar-refractivity contribution in [2.75, 3.05) is 26.1 Å². The molecule has 0 unspecified atom stereocenters. The minimum atomic E-state index is 0.00296. The molecule has 0 aliphatic carbocycles. The lowest BCUT2D eigenvalue weighted by atomic mass is 10.0. The molecule has 0 aromatic heterocycles. The first-order chi connectivity index (χ1) is 9.13. The van der Waals surface area contributed by atoms with E-state index in [0.717, 1.165) is 5.69 Å². The van der Waals surface area contributed by atoms with E-state index >= 15 is 0 Å². The van der Waals surface area contributed by atoms with Crippen molar-refractivity contribution in [2.24, 2.45) is 0 Å². The molecule has 0 fully saturated rings. The van der Waals surface area contributed by atoms with Crippen LogP contribution in [0.3, 0.4) is 0 Å². The first-order valence-electron chi connectivity index (χ1n) is 6.08. The first-order valence-corrected chi connectivity index (χ1v) is 6.08. The molecule has 0 aliphatic rings. The highest BCUT2D eigenvalue weighted by Gasteiger charge is 2.15. The summed E-state index contributed by atoms with van der Waals surface area (Å²) < 4.78 is 5.20. The van der Waals surface area contributed by atoms with Crippen LogP contribution in [-0.4, -0.2) is 27.0 Å². The van der Waals surface area contributed by atoms with Gasteiger partial charge in [-0.3, -0.25) is 4.79 Å². The van der Waals surface area contributed by atoms with Gasteiger partial charge in [-0.05, 0) is 18.2 Å². The molecule has 0 saturated carbocycles. The minimum absolute atomic E-state index is 0.00296. The minimum Gasteiger partial charge on any atom is -0.497 e. The summed E-state index contributed by atoms with van der Waals surface area (Å²) in [6, 6.07) is 14.8. The van der Waals surface area contributed by atoms with E-state index in [1.54, 1.807) is 13.2 Å². The van der Waals surface area contributed by atoms with E-state index in [1.807, 2.05) is 61.5 Å². The van der Waals surface area contributed by atoms with Gasteiger partial charge in [0.25, 0.3) is 0 Å². The highest BCUT2D eigenvalue weighted by atomic mass is 16.5. The molecule has 0 bridgehead atoms. The SMILES string of the molecule is COc1ccc(N(C)C)c(C(=O)c2ccccc2)c1. The zero-order valence-corrected chi connectivity index (χ0v) is 11.4.